The molecule has 0 unspecified atom stereocenters. The Hall–Kier alpha value is -3.23. The van der Waals surface area contributed by atoms with Gasteiger partial charge in [-0.25, -0.2) is 8.78 Å². The highest BCUT2D eigenvalue weighted by Crippen LogP contribution is 2.43. The van der Waals surface area contributed by atoms with E-state index in [2.05, 4.69) is 9.88 Å². The summed E-state index contributed by atoms with van der Waals surface area (Å²) >= 11 is 0. The Balaban J connectivity index is 1.22. The van der Waals surface area contributed by atoms with E-state index in [1.165, 1.54) is 12.3 Å². The summed E-state index contributed by atoms with van der Waals surface area (Å²) in [4.78, 5) is 19.0. The molecule has 0 atom stereocenters. The molecule has 8 heteroatoms. The first-order chi connectivity index (χ1) is 15.4. The predicted molar refractivity (Wildman–Crippen MR) is 110 cm³/mol. The van der Waals surface area contributed by atoms with Crippen molar-refractivity contribution in [1.82, 2.24) is 9.88 Å². The fraction of sp³-hybridized carbons (Fsp3) is 0.292. The highest BCUT2D eigenvalue weighted by Gasteiger charge is 2.44. The van der Waals surface area contributed by atoms with Crippen LogP contribution in [0.5, 0.6) is 0 Å². The van der Waals surface area contributed by atoms with E-state index in [0.717, 1.165) is 59.5 Å². The molecule has 3 aromatic rings. The van der Waals surface area contributed by atoms with Crippen LogP contribution < -0.4 is 4.73 Å². The Bertz CT molecular complexity index is 1180. The highest BCUT2D eigenvalue weighted by molar-refractivity contribution is 6.07. The molecule has 0 amide bonds. The van der Waals surface area contributed by atoms with Gasteiger partial charge in [-0.05, 0) is 48.2 Å². The summed E-state index contributed by atoms with van der Waals surface area (Å²) in [6.45, 7) is 2.82. The van der Waals surface area contributed by atoms with Gasteiger partial charge in [0.1, 0.15) is 11.3 Å². The summed E-state index contributed by atoms with van der Waals surface area (Å²) in [5.74, 6) is -2.51. The molecular weight excluding hydrogens is 416 g/mol. The third-order valence-electron chi connectivity index (χ3n) is 6.33. The third kappa shape index (κ3) is 3.76. The number of halogens is 2. The molecule has 0 saturated carbocycles. The van der Waals surface area contributed by atoms with E-state index in [1.807, 2.05) is 12.1 Å². The number of likely N-dealkylation sites (tertiary alicyclic amines) is 1. The molecule has 1 aromatic carbocycles. The highest BCUT2D eigenvalue weighted by atomic mass is 19.2. The molecule has 2 aliphatic heterocycles. The van der Waals surface area contributed by atoms with Gasteiger partial charge in [-0.2, -0.15) is 4.73 Å². The first kappa shape index (κ1) is 20.7. The number of hydrogen-bond donors (Lipinski definition) is 0. The molecule has 5 rings (SSSR count). The summed E-state index contributed by atoms with van der Waals surface area (Å²) in [7, 11) is 0. The van der Waals surface area contributed by atoms with Crippen LogP contribution in [0.15, 0.2) is 55.0 Å². The van der Waals surface area contributed by atoms with Gasteiger partial charge in [0.05, 0.1) is 12.2 Å². The molecule has 0 N–H and O–H groups in total. The number of fused-ring (bicyclic) bond motifs is 2. The lowest BCUT2D eigenvalue weighted by molar-refractivity contribution is -0.606. The van der Waals surface area contributed by atoms with Crippen molar-refractivity contribution in [1.29, 1.82) is 0 Å². The van der Waals surface area contributed by atoms with E-state index in [1.54, 1.807) is 18.5 Å². The first-order valence-electron chi connectivity index (χ1n) is 10.5. The van der Waals surface area contributed by atoms with Crippen molar-refractivity contribution in [2.75, 3.05) is 13.1 Å². The average molecular weight is 437 g/mol. The topological polar surface area (TPSA) is 69.4 Å². The number of pyridine rings is 2. The summed E-state index contributed by atoms with van der Waals surface area (Å²) < 4.78 is 33.5. The molecule has 0 bridgehead atoms. The van der Waals surface area contributed by atoms with Crippen molar-refractivity contribution in [2.45, 2.75) is 31.6 Å². The minimum Gasteiger partial charge on any atom is -0.619 e. The smallest absolute Gasteiger partial charge is 0.211 e. The molecule has 2 aliphatic rings. The van der Waals surface area contributed by atoms with Crippen LogP contribution in [0, 0.1) is 16.8 Å². The summed E-state index contributed by atoms with van der Waals surface area (Å²) in [5, 5.41) is 11.7. The standard InChI is InChI=1S/C24H21F2N3O3/c25-20-3-2-17(11-21(20)26)23(30)22-4-1-16(12-27-22)13-28-9-6-24(7-10-28)19-14-29(31)8-5-18(19)15-32-24/h1-5,8,11-12,14H,6-7,9-10,13,15H2. The van der Waals surface area contributed by atoms with Gasteiger partial charge < -0.3 is 9.94 Å². The van der Waals surface area contributed by atoms with Gasteiger partial charge in [0.2, 0.25) is 5.78 Å². The van der Waals surface area contributed by atoms with Crippen molar-refractivity contribution in [3.05, 3.63) is 99.8 Å². The lowest BCUT2D eigenvalue weighted by Crippen LogP contribution is -2.43. The fourth-order valence-electron chi connectivity index (χ4n) is 4.52. The monoisotopic (exact) mass is 437 g/mol. The summed E-state index contributed by atoms with van der Waals surface area (Å²) in [5.41, 5.74) is 2.87. The lowest BCUT2D eigenvalue weighted by atomic mass is 9.84. The predicted octanol–water partition coefficient (Wildman–Crippen LogP) is 3.25. The quantitative estimate of drug-likeness (QED) is 0.356. The molecule has 1 spiro atoms. The SMILES string of the molecule is O=C(c1ccc(F)c(F)c1)c1ccc(CN2CCC3(CC2)OCc2cc[n+]([O-])cc23)cn1. The number of ether oxygens (including phenoxy) is 1. The molecular formula is C24H21F2N3O3. The van der Waals surface area contributed by atoms with Gasteiger partial charge in [0.25, 0.3) is 0 Å². The van der Waals surface area contributed by atoms with Crippen molar-refractivity contribution in [2.24, 2.45) is 0 Å². The molecule has 6 nitrogen and oxygen atoms in total. The van der Waals surface area contributed by atoms with E-state index in [0.29, 0.717) is 13.2 Å². The number of benzene rings is 1. The largest absolute Gasteiger partial charge is 0.619 e. The van der Waals surface area contributed by atoms with Crippen LogP contribution in [0.1, 0.15) is 45.6 Å². The van der Waals surface area contributed by atoms with Crippen molar-refractivity contribution in [3.8, 4) is 0 Å². The number of carbonyl (C=O) groups excluding carboxylic acids is 1. The van der Waals surface area contributed by atoms with E-state index in [4.69, 9.17) is 4.74 Å². The average Bonchev–Trinajstić information content (AvgIpc) is 3.14. The molecule has 1 fully saturated rings. The maximum Gasteiger partial charge on any atom is 0.211 e. The minimum absolute atomic E-state index is 0.0572. The van der Waals surface area contributed by atoms with E-state index < -0.39 is 23.0 Å². The zero-order chi connectivity index (χ0) is 22.3. The lowest BCUT2D eigenvalue weighted by Gasteiger charge is -2.38. The van der Waals surface area contributed by atoms with Crippen molar-refractivity contribution < 1.29 is 23.0 Å². The Labute approximate surface area is 183 Å². The van der Waals surface area contributed by atoms with E-state index in [9.17, 15) is 18.8 Å². The van der Waals surface area contributed by atoms with Gasteiger partial charge in [-0.3, -0.25) is 14.7 Å². The molecule has 1 saturated heterocycles. The molecule has 32 heavy (non-hydrogen) atoms. The zero-order valence-corrected chi connectivity index (χ0v) is 17.3. The first-order valence-corrected chi connectivity index (χ1v) is 10.5. The fourth-order valence-corrected chi connectivity index (χ4v) is 4.52. The second-order valence-corrected chi connectivity index (χ2v) is 8.31. The van der Waals surface area contributed by atoms with Gasteiger partial charge in [-0.1, -0.05) is 6.07 Å². The molecule has 4 heterocycles. The Morgan fingerprint density at radius 3 is 2.69 bits per heavy atom. The van der Waals surface area contributed by atoms with E-state index in [-0.39, 0.29) is 11.3 Å². The van der Waals surface area contributed by atoms with Crippen LogP contribution in [0.3, 0.4) is 0 Å². The van der Waals surface area contributed by atoms with Crippen molar-refractivity contribution >= 4 is 5.78 Å². The second kappa shape index (κ2) is 8.03. The molecule has 164 valence electrons. The van der Waals surface area contributed by atoms with Crippen LogP contribution in [0.25, 0.3) is 0 Å². The Kier molecular flexibility index (Phi) is 5.19. The molecule has 0 radical (unpaired) electrons. The van der Waals surface area contributed by atoms with Gasteiger partial charge in [0.15, 0.2) is 24.0 Å². The normalized spacial score (nSPS) is 17.4. The summed E-state index contributed by atoms with van der Waals surface area (Å²) in [6.07, 6.45) is 6.36. The van der Waals surface area contributed by atoms with Crippen LogP contribution >= 0.6 is 0 Å². The number of ketones is 1. The number of piperidine rings is 1. The number of carbonyl (C=O) groups is 1. The van der Waals surface area contributed by atoms with E-state index >= 15 is 0 Å². The van der Waals surface area contributed by atoms with Crippen LogP contribution in [-0.4, -0.2) is 28.8 Å². The third-order valence-corrected chi connectivity index (χ3v) is 6.33. The Morgan fingerprint density at radius 1 is 1.16 bits per heavy atom. The van der Waals surface area contributed by atoms with Gasteiger partial charge >= 0.3 is 0 Å². The van der Waals surface area contributed by atoms with Gasteiger partial charge in [-0.15, -0.1) is 0 Å². The molecule has 2 aromatic heterocycles. The number of nitrogens with zero attached hydrogens (tertiary/aromatic N) is 3. The number of aromatic nitrogens is 2. The maximum atomic E-state index is 13.4. The maximum absolute atomic E-state index is 13.4. The minimum atomic E-state index is -1.06. The zero-order valence-electron chi connectivity index (χ0n) is 17.3. The van der Waals surface area contributed by atoms with Crippen LogP contribution in [0.4, 0.5) is 8.78 Å². The molecule has 0 aliphatic carbocycles. The second-order valence-electron chi connectivity index (χ2n) is 8.31. The summed E-state index contributed by atoms with van der Waals surface area (Å²) in [6, 6.07) is 8.33. The van der Waals surface area contributed by atoms with Crippen LogP contribution in [0.2, 0.25) is 0 Å². The van der Waals surface area contributed by atoms with Crippen LogP contribution in [-0.2, 0) is 23.5 Å². The Morgan fingerprint density at radius 2 is 1.97 bits per heavy atom. The van der Waals surface area contributed by atoms with Crippen molar-refractivity contribution in [3.63, 3.8) is 0 Å². The number of hydrogen-bond acceptors (Lipinski definition) is 5. The van der Waals surface area contributed by atoms with Gasteiger partial charge in [0, 0.05) is 37.5 Å². The number of rotatable bonds is 4.